The normalized spacial score (nSPS) is 11.1. The van der Waals surface area contributed by atoms with E-state index in [2.05, 4.69) is 26.8 Å². The van der Waals surface area contributed by atoms with Crippen molar-refractivity contribution in [2.24, 2.45) is 5.73 Å². The Balaban J connectivity index is 2.13. The smallest absolute Gasteiger partial charge is 0.244 e. The van der Waals surface area contributed by atoms with Crippen LogP contribution in [-0.4, -0.2) is 25.2 Å². The minimum absolute atomic E-state index is 0.156. The molecular formula is C12H14N4O2S2. The maximum Gasteiger partial charge on any atom is 0.244 e. The molecule has 4 N–H and O–H groups in total. The van der Waals surface area contributed by atoms with E-state index in [1.165, 1.54) is 17.5 Å². The number of nitrogens with zero attached hydrogens (tertiary/aromatic N) is 1. The van der Waals surface area contributed by atoms with Gasteiger partial charge in [-0.05, 0) is 18.4 Å². The van der Waals surface area contributed by atoms with Crippen molar-refractivity contribution >= 4 is 21.4 Å². The van der Waals surface area contributed by atoms with Crippen LogP contribution in [0.15, 0.2) is 22.5 Å². The number of nitrogens with two attached hydrogens (primary N) is 1. The Labute approximate surface area is 121 Å². The molecule has 2 aromatic rings. The molecule has 2 heterocycles. The van der Waals surface area contributed by atoms with Gasteiger partial charge in [-0.15, -0.1) is 11.3 Å². The Hall–Kier alpha value is -1.66. The average molecular weight is 310 g/mol. The molecule has 0 aliphatic carbocycles. The number of thiophene rings is 1. The lowest BCUT2D eigenvalue weighted by atomic mass is 10.2. The summed E-state index contributed by atoms with van der Waals surface area (Å²) in [4.78, 5) is 1.01. The molecule has 8 heteroatoms. The maximum absolute atomic E-state index is 12.1. The number of nitrogens with one attached hydrogen (secondary N) is 2. The van der Waals surface area contributed by atoms with Gasteiger partial charge in [0.2, 0.25) is 10.0 Å². The highest BCUT2D eigenvalue weighted by Crippen LogP contribution is 2.17. The Morgan fingerprint density at radius 1 is 1.55 bits per heavy atom. The second kappa shape index (κ2) is 6.19. The third-order valence-corrected chi connectivity index (χ3v) is 5.00. The van der Waals surface area contributed by atoms with E-state index in [0.29, 0.717) is 5.69 Å². The van der Waals surface area contributed by atoms with Gasteiger partial charge in [-0.3, -0.25) is 5.10 Å². The Morgan fingerprint density at radius 3 is 3.00 bits per heavy atom. The van der Waals surface area contributed by atoms with Gasteiger partial charge in [0.1, 0.15) is 4.90 Å². The van der Waals surface area contributed by atoms with Crippen LogP contribution in [0, 0.1) is 18.8 Å². The summed E-state index contributed by atoms with van der Waals surface area (Å²) in [5.74, 6) is 5.67. The number of aromatic amines is 1. The predicted octanol–water partition coefficient (Wildman–Crippen LogP) is 0.568. The molecule has 0 aliphatic rings. The minimum atomic E-state index is -3.57. The van der Waals surface area contributed by atoms with Crippen molar-refractivity contribution in [3.63, 3.8) is 0 Å². The molecule has 0 radical (unpaired) electrons. The van der Waals surface area contributed by atoms with E-state index in [-0.39, 0.29) is 18.0 Å². The minimum Gasteiger partial charge on any atom is -0.320 e. The van der Waals surface area contributed by atoms with Crippen molar-refractivity contribution in [1.29, 1.82) is 0 Å². The summed E-state index contributed by atoms with van der Waals surface area (Å²) < 4.78 is 26.8. The molecule has 0 aliphatic heterocycles. The summed E-state index contributed by atoms with van der Waals surface area (Å²) in [6.45, 7) is 2.12. The van der Waals surface area contributed by atoms with Gasteiger partial charge in [-0.25, -0.2) is 13.1 Å². The van der Waals surface area contributed by atoms with Crippen LogP contribution >= 0.6 is 11.3 Å². The zero-order valence-electron chi connectivity index (χ0n) is 10.8. The fourth-order valence-electron chi connectivity index (χ4n) is 1.58. The molecule has 2 rings (SSSR count). The van der Waals surface area contributed by atoms with Crippen LogP contribution in [-0.2, 0) is 16.6 Å². The number of sulfonamides is 1. The van der Waals surface area contributed by atoms with Crippen LogP contribution < -0.4 is 10.5 Å². The third kappa shape index (κ3) is 3.26. The topological polar surface area (TPSA) is 101 Å². The molecule has 0 spiro atoms. The molecular weight excluding hydrogens is 296 g/mol. The van der Waals surface area contributed by atoms with Crippen LogP contribution in [0.25, 0.3) is 0 Å². The molecule has 0 aromatic carbocycles. The highest BCUT2D eigenvalue weighted by molar-refractivity contribution is 7.89. The molecule has 0 fully saturated rings. The largest absolute Gasteiger partial charge is 0.320 e. The standard InChI is InChI=1S/C12H14N4O2S2/c1-9-12(8-14-16-9)20(17,18)15-7-11-10(3-2-5-13)4-6-19-11/h4,6,8,15H,5,7,13H2,1H3,(H,14,16). The van der Waals surface area contributed by atoms with Crippen molar-refractivity contribution in [3.05, 3.63) is 33.8 Å². The lowest BCUT2D eigenvalue weighted by molar-refractivity contribution is 0.581. The molecule has 6 nitrogen and oxygen atoms in total. The first-order valence-electron chi connectivity index (χ1n) is 5.79. The highest BCUT2D eigenvalue weighted by atomic mass is 32.2. The summed E-state index contributed by atoms with van der Waals surface area (Å²) in [5, 5.41) is 8.19. The van der Waals surface area contributed by atoms with Crippen LogP contribution in [0.3, 0.4) is 0 Å². The lowest BCUT2D eigenvalue weighted by Crippen LogP contribution is -2.23. The van der Waals surface area contributed by atoms with Crippen molar-refractivity contribution in [3.8, 4) is 11.8 Å². The van der Waals surface area contributed by atoms with Crippen molar-refractivity contribution < 1.29 is 8.42 Å². The second-order valence-corrected chi connectivity index (χ2v) is 6.68. The molecule has 0 saturated carbocycles. The Morgan fingerprint density at radius 2 is 2.35 bits per heavy atom. The number of aromatic nitrogens is 2. The number of aryl methyl sites for hydroxylation is 1. The quantitative estimate of drug-likeness (QED) is 0.719. The van der Waals surface area contributed by atoms with Crippen LogP contribution in [0.5, 0.6) is 0 Å². The fraction of sp³-hybridized carbons (Fsp3) is 0.250. The zero-order valence-corrected chi connectivity index (χ0v) is 12.4. The van der Waals surface area contributed by atoms with Crippen molar-refractivity contribution in [2.75, 3.05) is 6.54 Å². The van der Waals surface area contributed by atoms with Crippen molar-refractivity contribution in [1.82, 2.24) is 14.9 Å². The SMILES string of the molecule is Cc1[nH]ncc1S(=O)(=O)NCc1sccc1C#CCN. The summed E-state index contributed by atoms with van der Waals surface area (Å²) in [6.07, 6.45) is 1.29. The molecule has 106 valence electrons. The molecule has 20 heavy (non-hydrogen) atoms. The van der Waals surface area contributed by atoms with Gasteiger partial charge in [0.05, 0.1) is 18.4 Å². The van der Waals surface area contributed by atoms with E-state index in [4.69, 9.17) is 5.73 Å². The number of H-pyrrole nitrogens is 1. The molecule has 0 bridgehead atoms. The average Bonchev–Trinajstić information content (AvgIpc) is 3.02. The second-order valence-electron chi connectivity index (χ2n) is 3.95. The Kier molecular flexibility index (Phi) is 4.57. The molecule has 0 atom stereocenters. The van der Waals surface area contributed by atoms with E-state index in [0.717, 1.165) is 10.4 Å². The first-order valence-corrected chi connectivity index (χ1v) is 8.16. The number of rotatable bonds is 4. The van der Waals surface area contributed by atoms with E-state index in [1.807, 2.05) is 11.4 Å². The summed E-state index contributed by atoms with van der Waals surface area (Å²) >= 11 is 1.45. The van der Waals surface area contributed by atoms with E-state index in [1.54, 1.807) is 6.92 Å². The third-order valence-electron chi connectivity index (χ3n) is 2.57. The monoisotopic (exact) mass is 310 g/mol. The predicted molar refractivity (Wildman–Crippen MR) is 77.6 cm³/mol. The van der Waals surface area contributed by atoms with Gasteiger partial charge in [0.25, 0.3) is 0 Å². The highest BCUT2D eigenvalue weighted by Gasteiger charge is 2.18. The van der Waals surface area contributed by atoms with Gasteiger partial charge < -0.3 is 5.73 Å². The summed E-state index contributed by atoms with van der Waals surface area (Å²) in [6, 6.07) is 1.85. The van der Waals surface area contributed by atoms with Crippen LogP contribution in [0.1, 0.15) is 16.1 Å². The fourth-order valence-corrected chi connectivity index (χ4v) is 3.58. The molecule has 2 aromatic heterocycles. The molecule has 0 unspecified atom stereocenters. The number of hydrogen-bond donors (Lipinski definition) is 3. The Bertz CT molecular complexity index is 750. The van der Waals surface area contributed by atoms with E-state index < -0.39 is 10.0 Å². The van der Waals surface area contributed by atoms with Gasteiger partial charge in [-0.2, -0.15) is 5.10 Å². The molecule has 0 saturated heterocycles. The van der Waals surface area contributed by atoms with Crippen LogP contribution in [0.4, 0.5) is 0 Å². The first kappa shape index (κ1) is 14.7. The van der Waals surface area contributed by atoms with Crippen LogP contribution in [0.2, 0.25) is 0 Å². The first-order chi connectivity index (χ1) is 9.54. The molecule has 0 amide bonds. The van der Waals surface area contributed by atoms with E-state index in [9.17, 15) is 8.42 Å². The van der Waals surface area contributed by atoms with E-state index >= 15 is 0 Å². The maximum atomic E-state index is 12.1. The van der Waals surface area contributed by atoms with Crippen molar-refractivity contribution in [2.45, 2.75) is 18.4 Å². The van der Waals surface area contributed by atoms with Gasteiger partial charge >= 0.3 is 0 Å². The van der Waals surface area contributed by atoms with Gasteiger partial charge in [0.15, 0.2) is 0 Å². The van der Waals surface area contributed by atoms with Gasteiger partial charge in [0, 0.05) is 17.0 Å². The summed E-state index contributed by atoms with van der Waals surface area (Å²) in [7, 11) is -3.57. The summed E-state index contributed by atoms with van der Waals surface area (Å²) in [5.41, 5.74) is 6.63. The number of hydrogen-bond acceptors (Lipinski definition) is 5. The zero-order chi connectivity index (χ0) is 14.6. The lowest BCUT2D eigenvalue weighted by Gasteiger charge is -2.04. The van der Waals surface area contributed by atoms with Gasteiger partial charge in [-0.1, -0.05) is 11.8 Å².